The van der Waals surface area contributed by atoms with Gasteiger partial charge >= 0.3 is 5.97 Å². The van der Waals surface area contributed by atoms with E-state index in [4.69, 9.17) is 14.2 Å². The standard InChI is InChI=1S/C35H41N3O6/c1-35(2,3)28-29(36-20-25-17-24(21-11-8-12-21)19-37-32(25)42-4)30(22-9-6-5-7-10-22)38(31(28)34(40)41)33(39)23-13-14-26-27(18-23)44-16-15-43-26/h5-7,9-10,13-14,17-19,21,28-31,36H,8,11-12,15-16,20H2,1-4H3,(H,40,41)/t28-,29-,30-,31-/m0/s1. The summed E-state index contributed by atoms with van der Waals surface area (Å²) in [6.07, 6.45) is 5.44. The van der Waals surface area contributed by atoms with Gasteiger partial charge < -0.3 is 29.5 Å². The van der Waals surface area contributed by atoms with E-state index in [1.165, 1.54) is 12.0 Å². The zero-order chi connectivity index (χ0) is 31.0. The third kappa shape index (κ3) is 5.61. The van der Waals surface area contributed by atoms with Gasteiger partial charge in [0.05, 0.1) is 13.2 Å². The van der Waals surface area contributed by atoms with E-state index in [0.717, 1.165) is 24.0 Å². The number of aliphatic carboxylic acids is 1. The molecule has 9 heteroatoms. The molecule has 9 nitrogen and oxygen atoms in total. The van der Waals surface area contributed by atoms with Crippen LogP contribution in [0.15, 0.2) is 60.8 Å². The highest BCUT2D eigenvalue weighted by atomic mass is 16.6. The number of methoxy groups -OCH3 is 1. The second-order valence-electron chi connectivity index (χ2n) is 13.1. The number of hydrogen-bond acceptors (Lipinski definition) is 7. The van der Waals surface area contributed by atoms with E-state index in [-0.39, 0.29) is 5.91 Å². The molecule has 44 heavy (non-hydrogen) atoms. The summed E-state index contributed by atoms with van der Waals surface area (Å²) < 4.78 is 17.1. The van der Waals surface area contributed by atoms with E-state index in [1.807, 2.05) is 57.3 Å². The third-order valence-electron chi connectivity index (χ3n) is 9.33. The molecule has 0 unspecified atom stereocenters. The molecule has 2 fully saturated rings. The molecule has 4 atom stereocenters. The van der Waals surface area contributed by atoms with Crippen LogP contribution in [0, 0.1) is 11.3 Å². The second-order valence-corrected chi connectivity index (χ2v) is 13.1. The first-order chi connectivity index (χ1) is 21.2. The minimum Gasteiger partial charge on any atom is -0.486 e. The van der Waals surface area contributed by atoms with Gasteiger partial charge in [-0.05, 0) is 59.6 Å². The Labute approximate surface area is 258 Å². The number of hydrogen-bond donors (Lipinski definition) is 2. The smallest absolute Gasteiger partial charge is 0.326 e. The van der Waals surface area contributed by atoms with Crippen molar-refractivity contribution in [1.29, 1.82) is 0 Å². The Hall–Kier alpha value is -4.11. The van der Waals surface area contributed by atoms with Crippen molar-refractivity contribution >= 4 is 11.9 Å². The van der Waals surface area contributed by atoms with Crippen LogP contribution in [-0.4, -0.2) is 59.3 Å². The molecule has 1 saturated heterocycles. The second kappa shape index (κ2) is 12.1. The lowest BCUT2D eigenvalue weighted by atomic mass is 9.72. The van der Waals surface area contributed by atoms with Crippen molar-refractivity contribution in [2.45, 2.75) is 70.6 Å². The predicted molar refractivity (Wildman–Crippen MR) is 165 cm³/mol. The minimum atomic E-state index is -1.08. The molecule has 232 valence electrons. The van der Waals surface area contributed by atoms with Gasteiger partial charge in [0.1, 0.15) is 19.3 Å². The number of aromatic nitrogens is 1. The topological polar surface area (TPSA) is 110 Å². The number of likely N-dealkylation sites (tertiary alicyclic amines) is 1. The number of carbonyl (C=O) groups excluding carboxylic acids is 1. The van der Waals surface area contributed by atoms with Gasteiger partial charge in [-0.1, -0.05) is 57.5 Å². The maximum absolute atomic E-state index is 14.5. The van der Waals surface area contributed by atoms with Crippen LogP contribution in [0.2, 0.25) is 0 Å². The highest BCUT2D eigenvalue weighted by Crippen LogP contribution is 2.49. The molecular formula is C35H41N3O6. The van der Waals surface area contributed by atoms with Gasteiger partial charge in [0.15, 0.2) is 11.5 Å². The minimum absolute atomic E-state index is 0.355. The highest BCUT2D eigenvalue weighted by Gasteiger charge is 2.58. The van der Waals surface area contributed by atoms with E-state index >= 15 is 0 Å². The molecule has 1 amide bonds. The van der Waals surface area contributed by atoms with Crippen molar-refractivity contribution in [2.75, 3.05) is 20.3 Å². The molecular weight excluding hydrogens is 558 g/mol. The van der Waals surface area contributed by atoms with E-state index < -0.39 is 35.4 Å². The first-order valence-electron chi connectivity index (χ1n) is 15.4. The van der Waals surface area contributed by atoms with E-state index in [9.17, 15) is 14.7 Å². The van der Waals surface area contributed by atoms with Crippen LogP contribution in [0.5, 0.6) is 17.4 Å². The number of fused-ring (bicyclic) bond motifs is 1. The number of carboxylic acid groups (broad SMARTS) is 1. The predicted octanol–water partition coefficient (Wildman–Crippen LogP) is 5.60. The van der Waals surface area contributed by atoms with Crippen LogP contribution >= 0.6 is 0 Å². The Balaban J connectivity index is 1.42. The first-order valence-corrected chi connectivity index (χ1v) is 15.4. The van der Waals surface area contributed by atoms with Crippen molar-refractivity contribution < 1.29 is 28.9 Å². The Morgan fingerprint density at radius 3 is 2.39 bits per heavy atom. The lowest BCUT2D eigenvalue weighted by Gasteiger charge is -2.35. The van der Waals surface area contributed by atoms with Gasteiger partial charge in [0.25, 0.3) is 5.91 Å². The number of carbonyl (C=O) groups is 2. The normalized spacial score (nSPS) is 23.2. The number of ether oxygens (including phenoxy) is 3. The first kappa shape index (κ1) is 29.9. The number of benzene rings is 2. The van der Waals surface area contributed by atoms with Crippen molar-refractivity contribution in [3.8, 4) is 17.4 Å². The maximum Gasteiger partial charge on any atom is 0.326 e. The molecule has 0 spiro atoms. The van der Waals surface area contributed by atoms with Crippen LogP contribution < -0.4 is 19.5 Å². The van der Waals surface area contributed by atoms with Gasteiger partial charge in [-0.2, -0.15) is 0 Å². The number of rotatable bonds is 8. The summed E-state index contributed by atoms with van der Waals surface area (Å²) in [4.78, 5) is 33.9. The van der Waals surface area contributed by atoms with Crippen molar-refractivity contribution in [1.82, 2.24) is 15.2 Å². The van der Waals surface area contributed by atoms with Crippen molar-refractivity contribution in [3.63, 3.8) is 0 Å². The molecule has 2 aliphatic heterocycles. The van der Waals surface area contributed by atoms with Crippen molar-refractivity contribution in [3.05, 3.63) is 83.0 Å². The number of nitrogens with one attached hydrogen (secondary N) is 1. The van der Waals surface area contributed by atoms with Gasteiger partial charge in [-0.3, -0.25) is 4.79 Å². The fraction of sp³-hybridized carbons (Fsp3) is 0.457. The third-order valence-corrected chi connectivity index (χ3v) is 9.33. The number of carboxylic acids is 1. The Morgan fingerprint density at radius 2 is 1.75 bits per heavy atom. The Kier molecular flexibility index (Phi) is 8.24. The highest BCUT2D eigenvalue weighted by molar-refractivity contribution is 5.98. The maximum atomic E-state index is 14.5. The van der Waals surface area contributed by atoms with Crippen LogP contribution in [-0.2, 0) is 11.3 Å². The Bertz CT molecular complexity index is 1520. The van der Waals surface area contributed by atoms with Gasteiger partial charge in [-0.15, -0.1) is 0 Å². The summed E-state index contributed by atoms with van der Waals surface area (Å²) in [5.41, 5.74) is 2.87. The van der Waals surface area contributed by atoms with Crippen LogP contribution in [0.1, 0.15) is 79.0 Å². The van der Waals surface area contributed by atoms with Gasteiger partial charge in [-0.25, -0.2) is 9.78 Å². The van der Waals surface area contributed by atoms with Crippen molar-refractivity contribution in [2.24, 2.45) is 11.3 Å². The molecule has 2 aromatic carbocycles. The molecule has 1 aliphatic carbocycles. The largest absolute Gasteiger partial charge is 0.486 e. The van der Waals surface area contributed by atoms with E-state index in [0.29, 0.717) is 48.6 Å². The lowest BCUT2D eigenvalue weighted by Crippen LogP contribution is -2.48. The number of pyridine rings is 1. The summed E-state index contributed by atoms with van der Waals surface area (Å²) in [5.74, 6) is 0.273. The summed E-state index contributed by atoms with van der Waals surface area (Å²) in [6, 6.07) is 14.9. The average Bonchev–Trinajstić information content (AvgIpc) is 3.35. The molecule has 0 radical (unpaired) electrons. The molecule has 3 heterocycles. The molecule has 3 aromatic rings. The quantitative estimate of drug-likeness (QED) is 0.344. The molecule has 6 rings (SSSR count). The SMILES string of the molecule is COc1ncc(C2CCC2)cc1CN[C@H]1[C@H](C(C)(C)C)[C@@H](C(=O)O)N(C(=O)c2ccc3c(c2)OCCO3)[C@H]1c1ccccc1. The summed E-state index contributed by atoms with van der Waals surface area (Å²) >= 11 is 0. The summed E-state index contributed by atoms with van der Waals surface area (Å²) in [6.45, 7) is 7.37. The van der Waals surface area contributed by atoms with Crippen LogP contribution in [0.25, 0.3) is 0 Å². The monoisotopic (exact) mass is 599 g/mol. The Morgan fingerprint density at radius 1 is 1.02 bits per heavy atom. The molecule has 2 N–H and O–H groups in total. The van der Waals surface area contributed by atoms with Crippen LogP contribution in [0.3, 0.4) is 0 Å². The molecule has 0 bridgehead atoms. The molecule has 3 aliphatic rings. The summed E-state index contributed by atoms with van der Waals surface area (Å²) in [7, 11) is 1.61. The van der Waals surface area contributed by atoms with E-state index in [1.54, 1.807) is 30.2 Å². The fourth-order valence-corrected chi connectivity index (χ4v) is 7.05. The van der Waals surface area contributed by atoms with Crippen LogP contribution in [0.4, 0.5) is 0 Å². The molecule has 1 saturated carbocycles. The van der Waals surface area contributed by atoms with Gasteiger partial charge in [0, 0.05) is 35.8 Å². The number of amides is 1. The fourth-order valence-electron chi connectivity index (χ4n) is 7.05. The average molecular weight is 600 g/mol. The zero-order valence-corrected chi connectivity index (χ0v) is 25.8. The summed E-state index contributed by atoms with van der Waals surface area (Å²) in [5, 5.41) is 14.5. The van der Waals surface area contributed by atoms with Gasteiger partial charge in [0.2, 0.25) is 5.88 Å². The molecule has 1 aromatic heterocycles. The zero-order valence-electron chi connectivity index (χ0n) is 25.8. The number of nitrogens with zero attached hydrogens (tertiary/aromatic N) is 2. The van der Waals surface area contributed by atoms with E-state index in [2.05, 4.69) is 16.4 Å². The lowest BCUT2D eigenvalue weighted by molar-refractivity contribution is -0.144.